The topological polar surface area (TPSA) is 64.9 Å². The van der Waals surface area contributed by atoms with Crippen LogP contribution < -0.4 is 5.32 Å². The zero-order chi connectivity index (χ0) is 12.8. The molecular formula is C12H17N5O. The number of nitrogens with one attached hydrogen (secondary N) is 1. The Morgan fingerprint density at radius 2 is 2.39 bits per heavy atom. The van der Waals surface area contributed by atoms with Crippen LogP contribution in [0.1, 0.15) is 13.8 Å². The van der Waals surface area contributed by atoms with Crippen LogP contribution in [0.3, 0.4) is 0 Å². The van der Waals surface area contributed by atoms with Gasteiger partial charge in [0.15, 0.2) is 5.82 Å². The molecule has 6 nitrogen and oxygen atoms in total. The molecule has 2 aromatic heterocycles. The maximum Gasteiger partial charge on any atom is 0.178 e. The predicted molar refractivity (Wildman–Crippen MR) is 68.7 cm³/mol. The number of nitrogens with zero attached hydrogens (tertiary/aromatic N) is 4. The molecule has 1 atom stereocenters. The van der Waals surface area contributed by atoms with Gasteiger partial charge in [0.2, 0.25) is 0 Å². The molecule has 96 valence electrons. The Kier molecular flexibility index (Phi) is 4.25. The lowest BCUT2D eigenvalue weighted by molar-refractivity contribution is 0.141. The van der Waals surface area contributed by atoms with E-state index in [1.807, 2.05) is 19.1 Å². The summed E-state index contributed by atoms with van der Waals surface area (Å²) in [6, 6.07) is 4.05. The van der Waals surface area contributed by atoms with Gasteiger partial charge in [-0.2, -0.15) is 5.10 Å². The molecule has 6 heteroatoms. The zero-order valence-corrected chi connectivity index (χ0v) is 10.6. The molecule has 0 spiro atoms. The molecule has 0 radical (unpaired) electrons. The molecule has 0 aromatic carbocycles. The molecule has 0 saturated carbocycles. The molecule has 0 fully saturated rings. The Morgan fingerprint density at radius 1 is 1.50 bits per heavy atom. The predicted octanol–water partition coefficient (Wildman–Crippen LogP) is 1.50. The molecule has 1 N–H and O–H groups in total. The van der Waals surface area contributed by atoms with Gasteiger partial charge in [0.25, 0.3) is 0 Å². The van der Waals surface area contributed by atoms with Crippen molar-refractivity contribution in [2.24, 2.45) is 0 Å². The first-order chi connectivity index (χ1) is 8.81. The fraction of sp³-hybridized carbons (Fsp3) is 0.417. The Bertz CT molecular complexity index is 471. The van der Waals surface area contributed by atoms with Gasteiger partial charge in [-0.05, 0) is 26.0 Å². The minimum atomic E-state index is 0.205. The lowest BCUT2D eigenvalue weighted by atomic mass is 10.3. The van der Waals surface area contributed by atoms with E-state index in [-0.39, 0.29) is 6.04 Å². The molecule has 1 unspecified atom stereocenters. The molecule has 0 aliphatic carbocycles. The molecular weight excluding hydrogens is 230 g/mol. The monoisotopic (exact) mass is 247 g/mol. The van der Waals surface area contributed by atoms with E-state index in [9.17, 15) is 0 Å². The summed E-state index contributed by atoms with van der Waals surface area (Å²) in [5, 5.41) is 7.45. The van der Waals surface area contributed by atoms with Crippen LogP contribution in [0.2, 0.25) is 0 Å². The van der Waals surface area contributed by atoms with E-state index in [1.54, 1.807) is 17.2 Å². The van der Waals surface area contributed by atoms with Gasteiger partial charge in [-0.15, -0.1) is 0 Å². The van der Waals surface area contributed by atoms with Crippen molar-refractivity contribution in [1.29, 1.82) is 0 Å². The SMILES string of the molecule is CCOCC(C)Nc1cccnc1-n1cncn1. The Labute approximate surface area is 106 Å². The quantitative estimate of drug-likeness (QED) is 0.838. The summed E-state index contributed by atoms with van der Waals surface area (Å²) in [5.74, 6) is 0.735. The van der Waals surface area contributed by atoms with Crippen LogP contribution in [0.25, 0.3) is 5.82 Å². The van der Waals surface area contributed by atoms with Crippen molar-refractivity contribution < 1.29 is 4.74 Å². The van der Waals surface area contributed by atoms with E-state index in [2.05, 4.69) is 27.3 Å². The van der Waals surface area contributed by atoms with E-state index >= 15 is 0 Å². The highest BCUT2D eigenvalue weighted by atomic mass is 16.5. The summed E-state index contributed by atoms with van der Waals surface area (Å²) in [4.78, 5) is 8.24. The minimum Gasteiger partial charge on any atom is -0.380 e. The van der Waals surface area contributed by atoms with Gasteiger partial charge >= 0.3 is 0 Å². The molecule has 2 rings (SSSR count). The summed E-state index contributed by atoms with van der Waals surface area (Å²) in [6.45, 7) is 5.42. The molecule has 0 amide bonds. The Balaban J connectivity index is 2.13. The lowest BCUT2D eigenvalue weighted by Gasteiger charge is -2.16. The van der Waals surface area contributed by atoms with Crippen LogP contribution in [0.15, 0.2) is 31.0 Å². The average molecular weight is 247 g/mol. The van der Waals surface area contributed by atoms with E-state index in [0.29, 0.717) is 6.61 Å². The number of ether oxygens (including phenoxy) is 1. The van der Waals surface area contributed by atoms with Gasteiger partial charge in [-0.25, -0.2) is 14.6 Å². The highest BCUT2D eigenvalue weighted by molar-refractivity contribution is 5.56. The smallest absolute Gasteiger partial charge is 0.178 e. The van der Waals surface area contributed by atoms with Gasteiger partial charge in [0.1, 0.15) is 12.7 Å². The highest BCUT2D eigenvalue weighted by Gasteiger charge is 2.09. The van der Waals surface area contributed by atoms with Crippen molar-refractivity contribution >= 4 is 5.69 Å². The van der Waals surface area contributed by atoms with Crippen molar-refractivity contribution in [2.45, 2.75) is 19.9 Å². The second kappa shape index (κ2) is 6.11. The van der Waals surface area contributed by atoms with Gasteiger partial charge in [-0.3, -0.25) is 0 Å². The van der Waals surface area contributed by atoms with Crippen molar-refractivity contribution in [3.63, 3.8) is 0 Å². The van der Waals surface area contributed by atoms with Crippen LogP contribution in [0.5, 0.6) is 0 Å². The van der Waals surface area contributed by atoms with Crippen LogP contribution in [0.4, 0.5) is 5.69 Å². The Morgan fingerprint density at radius 3 is 3.11 bits per heavy atom. The third-order valence-corrected chi connectivity index (χ3v) is 2.40. The van der Waals surface area contributed by atoms with E-state index in [0.717, 1.165) is 18.1 Å². The van der Waals surface area contributed by atoms with Crippen molar-refractivity contribution in [2.75, 3.05) is 18.5 Å². The summed E-state index contributed by atoms with van der Waals surface area (Å²) < 4.78 is 7.02. The maximum atomic E-state index is 5.38. The number of anilines is 1. The third kappa shape index (κ3) is 3.04. The number of rotatable bonds is 6. The first-order valence-electron chi connectivity index (χ1n) is 5.95. The summed E-state index contributed by atoms with van der Waals surface area (Å²) in [5.41, 5.74) is 0.912. The minimum absolute atomic E-state index is 0.205. The largest absolute Gasteiger partial charge is 0.380 e. The normalized spacial score (nSPS) is 12.3. The number of aromatic nitrogens is 4. The summed E-state index contributed by atoms with van der Waals surface area (Å²) in [7, 11) is 0. The molecule has 2 aromatic rings. The molecule has 2 heterocycles. The summed E-state index contributed by atoms with van der Waals surface area (Å²) >= 11 is 0. The second-order valence-electron chi connectivity index (χ2n) is 3.92. The van der Waals surface area contributed by atoms with Crippen LogP contribution in [-0.2, 0) is 4.74 Å². The van der Waals surface area contributed by atoms with Crippen LogP contribution in [-0.4, -0.2) is 39.0 Å². The fourth-order valence-corrected chi connectivity index (χ4v) is 1.61. The standard InChI is InChI=1S/C12H17N5O/c1-3-18-7-10(2)16-11-5-4-6-14-12(11)17-9-13-8-15-17/h4-6,8-10,16H,3,7H2,1-2H3. The first-order valence-corrected chi connectivity index (χ1v) is 5.95. The summed E-state index contributed by atoms with van der Waals surface area (Å²) in [6.07, 6.45) is 4.85. The van der Waals surface area contributed by atoms with Crippen molar-refractivity contribution in [1.82, 2.24) is 19.7 Å². The van der Waals surface area contributed by atoms with Crippen molar-refractivity contribution in [3.05, 3.63) is 31.0 Å². The zero-order valence-electron chi connectivity index (χ0n) is 10.6. The highest BCUT2D eigenvalue weighted by Crippen LogP contribution is 2.16. The van der Waals surface area contributed by atoms with Gasteiger partial charge < -0.3 is 10.1 Å². The Hall–Kier alpha value is -1.95. The molecule has 0 aliphatic rings. The van der Waals surface area contributed by atoms with Gasteiger partial charge in [0, 0.05) is 18.8 Å². The molecule has 18 heavy (non-hydrogen) atoms. The second-order valence-corrected chi connectivity index (χ2v) is 3.92. The molecule has 0 bridgehead atoms. The number of pyridine rings is 1. The van der Waals surface area contributed by atoms with Gasteiger partial charge in [-0.1, -0.05) is 0 Å². The van der Waals surface area contributed by atoms with E-state index in [1.165, 1.54) is 6.33 Å². The fourth-order valence-electron chi connectivity index (χ4n) is 1.61. The molecule has 0 aliphatic heterocycles. The average Bonchev–Trinajstić information content (AvgIpc) is 2.91. The third-order valence-electron chi connectivity index (χ3n) is 2.40. The number of hydrogen-bond acceptors (Lipinski definition) is 5. The van der Waals surface area contributed by atoms with Crippen molar-refractivity contribution in [3.8, 4) is 5.82 Å². The maximum absolute atomic E-state index is 5.38. The van der Waals surface area contributed by atoms with Crippen LogP contribution >= 0.6 is 0 Å². The number of hydrogen-bond donors (Lipinski definition) is 1. The molecule has 0 saturated heterocycles. The van der Waals surface area contributed by atoms with E-state index < -0.39 is 0 Å². The van der Waals surface area contributed by atoms with Crippen LogP contribution in [0, 0.1) is 0 Å². The van der Waals surface area contributed by atoms with E-state index in [4.69, 9.17) is 4.74 Å². The first kappa shape index (κ1) is 12.5. The lowest BCUT2D eigenvalue weighted by Crippen LogP contribution is -2.22. The van der Waals surface area contributed by atoms with Gasteiger partial charge in [0.05, 0.1) is 12.3 Å².